The lowest BCUT2D eigenvalue weighted by molar-refractivity contribution is -0.141. The van der Waals surface area contributed by atoms with Crippen molar-refractivity contribution in [2.45, 2.75) is 19.6 Å². The first-order chi connectivity index (χ1) is 14.7. The molecular weight excluding hydrogens is 417 g/mol. The maximum absolute atomic E-state index is 13.0. The minimum absolute atomic E-state index is 0.123. The van der Waals surface area contributed by atoms with Crippen LogP contribution in [0.15, 0.2) is 18.2 Å². The molecule has 0 unspecified atom stereocenters. The molecule has 31 heavy (non-hydrogen) atoms. The monoisotopic (exact) mass is 438 g/mol. The zero-order valence-corrected chi connectivity index (χ0v) is 17.1. The molecule has 0 aliphatic rings. The number of nitrogens with one attached hydrogen (secondary N) is 1. The number of fused-ring (bicyclic) bond motifs is 1. The van der Waals surface area contributed by atoms with Crippen molar-refractivity contribution in [1.82, 2.24) is 19.9 Å². The Hall–Kier alpha value is -3.41. The molecule has 12 heteroatoms. The number of rotatable bonds is 8. The molecule has 166 valence electrons. The second-order valence-corrected chi connectivity index (χ2v) is 6.43. The molecule has 0 aliphatic carbocycles. The molecule has 0 saturated carbocycles. The quantitative estimate of drug-likeness (QED) is 0.512. The van der Waals surface area contributed by atoms with Crippen LogP contribution in [-0.4, -0.2) is 47.4 Å². The number of methoxy groups -OCH3 is 2. The van der Waals surface area contributed by atoms with Crippen LogP contribution in [0.2, 0.25) is 0 Å². The molecule has 3 rings (SSSR count). The van der Waals surface area contributed by atoms with Gasteiger partial charge in [0.2, 0.25) is 0 Å². The van der Waals surface area contributed by atoms with Crippen LogP contribution in [-0.2, 0) is 17.5 Å². The van der Waals surface area contributed by atoms with Crippen molar-refractivity contribution in [1.29, 1.82) is 0 Å². The summed E-state index contributed by atoms with van der Waals surface area (Å²) in [7, 11) is 3.06. The standard InChI is InChI=1S/C19H21F3N6O3/c1-10-25-12-7-13(30-3)14(31-5-4-29-2)6-11(12)18(26-10)24-9-17-27-15(19(20,21)22)8-16(23)28-17/h6-8H,4-5,9H2,1-3H3,(H2,23,27,28)(H,24,25,26). The van der Waals surface area contributed by atoms with Gasteiger partial charge in [0.05, 0.1) is 25.8 Å². The van der Waals surface area contributed by atoms with Gasteiger partial charge in [0.1, 0.15) is 35.6 Å². The first kappa shape index (κ1) is 22.3. The molecule has 2 heterocycles. The number of hydrogen-bond acceptors (Lipinski definition) is 9. The van der Waals surface area contributed by atoms with Crippen molar-refractivity contribution in [3.05, 3.63) is 35.5 Å². The highest BCUT2D eigenvalue weighted by molar-refractivity contribution is 5.91. The molecule has 0 spiro atoms. The minimum atomic E-state index is -4.63. The molecule has 3 aromatic rings. The summed E-state index contributed by atoms with van der Waals surface area (Å²) < 4.78 is 55.0. The number of nitrogen functional groups attached to an aromatic ring is 1. The van der Waals surface area contributed by atoms with E-state index in [1.54, 1.807) is 26.2 Å². The average Bonchev–Trinajstić information content (AvgIpc) is 2.70. The van der Waals surface area contributed by atoms with E-state index >= 15 is 0 Å². The highest BCUT2D eigenvalue weighted by Crippen LogP contribution is 2.34. The third-order valence-corrected chi connectivity index (χ3v) is 4.13. The first-order valence-corrected chi connectivity index (χ1v) is 9.14. The molecule has 0 bridgehead atoms. The molecule has 0 atom stereocenters. The summed E-state index contributed by atoms with van der Waals surface area (Å²) in [5, 5.41) is 3.54. The largest absolute Gasteiger partial charge is 0.493 e. The van der Waals surface area contributed by atoms with Crippen LogP contribution in [0, 0.1) is 6.92 Å². The zero-order chi connectivity index (χ0) is 22.6. The Morgan fingerprint density at radius 2 is 1.77 bits per heavy atom. The van der Waals surface area contributed by atoms with E-state index in [-0.39, 0.29) is 18.2 Å². The van der Waals surface area contributed by atoms with Crippen LogP contribution in [0.1, 0.15) is 17.3 Å². The maximum atomic E-state index is 13.0. The number of alkyl halides is 3. The van der Waals surface area contributed by atoms with Gasteiger partial charge >= 0.3 is 6.18 Å². The fraction of sp³-hybridized carbons (Fsp3) is 0.368. The lowest BCUT2D eigenvalue weighted by Crippen LogP contribution is -2.15. The van der Waals surface area contributed by atoms with E-state index in [9.17, 15) is 13.2 Å². The van der Waals surface area contributed by atoms with E-state index in [0.717, 1.165) is 0 Å². The van der Waals surface area contributed by atoms with Gasteiger partial charge < -0.3 is 25.3 Å². The predicted molar refractivity (Wildman–Crippen MR) is 107 cm³/mol. The second kappa shape index (κ2) is 9.16. The summed E-state index contributed by atoms with van der Waals surface area (Å²) in [4.78, 5) is 16.1. The van der Waals surface area contributed by atoms with Crippen molar-refractivity contribution in [3.63, 3.8) is 0 Å². The van der Waals surface area contributed by atoms with Crippen molar-refractivity contribution in [3.8, 4) is 11.5 Å². The summed E-state index contributed by atoms with van der Waals surface area (Å²) in [5.74, 6) is 1.35. The van der Waals surface area contributed by atoms with E-state index < -0.39 is 11.9 Å². The Kier molecular flexibility index (Phi) is 6.59. The van der Waals surface area contributed by atoms with Gasteiger partial charge in [0, 0.05) is 24.6 Å². The Bertz CT molecular complexity index is 1080. The molecule has 1 aromatic carbocycles. The lowest BCUT2D eigenvalue weighted by Gasteiger charge is -2.14. The maximum Gasteiger partial charge on any atom is 0.433 e. The summed E-state index contributed by atoms with van der Waals surface area (Å²) in [6.07, 6.45) is -4.63. The highest BCUT2D eigenvalue weighted by atomic mass is 19.4. The van der Waals surface area contributed by atoms with E-state index in [1.165, 1.54) is 7.11 Å². The summed E-state index contributed by atoms with van der Waals surface area (Å²) in [6, 6.07) is 4.06. The SMILES string of the molecule is COCCOc1cc2c(NCc3nc(N)cc(C(F)(F)F)n3)nc(C)nc2cc1OC. The summed E-state index contributed by atoms with van der Waals surface area (Å²) in [6.45, 7) is 2.24. The number of halogens is 3. The predicted octanol–water partition coefficient (Wildman–Crippen LogP) is 2.98. The molecule has 9 nitrogen and oxygen atoms in total. The molecule has 2 aromatic heterocycles. The van der Waals surface area contributed by atoms with Gasteiger partial charge in [-0.25, -0.2) is 19.9 Å². The average molecular weight is 438 g/mol. The van der Waals surface area contributed by atoms with Crippen LogP contribution < -0.4 is 20.5 Å². The third-order valence-electron chi connectivity index (χ3n) is 4.13. The Morgan fingerprint density at radius 3 is 2.45 bits per heavy atom. The minimum Gasteiger partial charge on any atom is -0.493 e. The topological polar surface area (TPSA) is 117 Å². The van der Waals surface area contributed by atoms with Crippen LogP contribution >= 0.6 is 0 Å². The number of nitrogens with zero attached hydrogens (tertiary/aromatic N) is 4. The van der Waals surface area contributed by atoms with E-state index in [4.69, 9.17) is 19.9 Å². The van der Waals surface area contributed by atoms with Crippen molar-refractivity contribution < 1.29 is 27.4 Å². The van der Waals surface area contributed by atoms with Gasteiger partial charge in [0.15, 0.2) is 11.5 Å². The summed E-state index contributed by atoms with van der Waals surface area (Å²) in [5.41, 5.74) is 4.96. The smallest absolute Gasteiger partial charge is 0.433 e. The zero-order valence-electron chi connectivity index (χ0n) is 17.1. The van der Waals surface area contributed by atoms with Gasteiger partial charge in [-0.3, -0.25) is 0 Å². The fourth-order valence-electron chi connectivity index (χ4n) is 2.80. The van der Waals surface area contributed by atoms with Crippen LogP contribution in [0.4, 0.5) is 24.8 Å². The number of anilines is 2. The third kappa shape index (κ3) is 5.40. The molecule has 0 saturated heterocycles. The number of aryl methyl sites for hydroxylation is 1. The molecule has 0 aliphatic heterocycles. The van der Waals surface area contributed by atoms with Gasteiger partial charge in [0.25, 0.3) is 0 Å². The molecule has 0 amide bonds. The van der Waals surface area contributed by atoms with Gasteiger partial charge in [-0.2, -0.15) is 13.2 Å². The highest BCUT2D eigenvalue weighted by Gasteiger charge is 2.33. The molecule has 0 radical (unpaired) electrons. The number of ether oxygens (including phenoxy) is 3. The van der Waals surface area contributed by atoms with Gasteiger partial charge in [-0.1, -0.05) is 0 Å². The van der Waals surface area contributed by atoms with Crippen LogP contribution in [0.25, 0.3) is 10.9 Å². The molecule has 3 N–H and O–H groups in total. The van der Waals surface area contributed by atoms with Crippen molar-refractivity contribution in [2.75, 3.05) is 38.5 Å². The normalized spacial score (nSPS) is 11.5. The van der Waals surface area contributed by atoms with Crippen LogP contribution in [0.5, 0.6) is 11.5 Å². The number of benzene rings is 1. The van der Waals surface area contributed by atoms with Crippen LogP contribution in [0.3, 0.4) is 0 Å². The Balaban J connectivity index is 1.94. The molecular formula is C19H21F3N6O3. The second-order valence-electron chi connectivity index (χ2n) is 6.43. The van der Waals surface area contributed by atoms with E-state index in [1.807, 2.05) is 0 Å². The van der Waals surface area contributed by atoms with Crippen molar-refractivity contribution in [2.24, 2.45) is 0 Å². The Labute approximate surface area is 175 Å². The Morgan fingerprint density at radius 1 is 1.00 bits per heavy atom. The number of nitrogens with two attached hydrogens (primary N) is 1. The number of aromatic nitrogens is 4. The number of hydrogen-bond donors (Lipinski definition) is 2. The van der Waals surface area contributed by atoms with Gasteiger partial charge in [-0.15, -0.1) is 0 Å². The summed E-state index contributed by atoms with van der Waals surface area (Å²) >= 11 is 0. The fourth-order valence-corrected chi connectivity index (χ4v) is 2.80. The first-order valence-electron chi connectivity index (χ1n) is 9.14. The lowest BCUT2D eigenvalue weighted by atomic mass is 10.2. The van der Waals surface area contributed by atoms with Gasteiger partial charge in [-0.05, 0) is 13.0 Å². The van der Waals surface area contributed by atoms with Crippen molar-refractivity contribution >= 4 is 22.5 Å². The molecule has 0 fully saturated rings. The van der Waals surface area contributed by atoms with E-state index in [2.05, 4.69) is 25.3 Å². The van der Waals surface area contributed by atoms with E-state index in [0.29, 0.717) is 53.3 Å².